The molecule has 0 spiro atoms. The summed E-state index contributed by atoms with van der Waals surface area (Å²) < 4.78 is 0. The monoisotopic (exact) mass is 455 g/mol. The van der Waals surface area contributed by atoms with Crippen molar-refractivity contribution in [3.05, 3.63) is 42.5 Å². The van der Waals surface area contributed by atoms with Gasteiger partial charge in [-0.1, -0.05) is 31.6 Å². The van der Waals surface area contributed by atoms with Crippen LogP contribution in [0.1, 0.15) is 51.0 Å². The van der Waals surface area contributed by atoms with Crippen LogP contribution < -0.4 is 21.3 Å². The van der Waals surface area contributed by atoms with Gasteiger partial charge in [0.05, 0.1) is 6.04 Å². The van der Waals surface area contributed by atoms with E-state index in [1.165, 1.54) is 6.08 Å². The first kappa shape index (κ1) is 24.9. The number of hydrogen-bond donors (Lipinski definition) is 4. The zero-order valence-electron chi connectivity index (χ0n) is 19.7. The molecule has 2 saturated heterocycles. The normalized spacial score (nSPS) is 23.8. The molecule has 4 N–H and O–H groups in total. The number of hydrogen-bond acceptors (Lipinski definition) is 5. The van der Waals surface area contributed by atoms with E-state index in [1.54, 1.807) is 6.07 Å². The fourth-order valence-corrected chi connectivity index (χ4v) is 4.66. The third kappa shape index (κ3) is 6.65. The summed E-state index contributed by atoms with van der Waals surface area (Å²) >= 11 is 0. The minimum absolute atomic E-state index is 0.0507. The van der Waals surface area contributed by atoms with Crippen LogP contribution in [-0.2, 0) is 20.9 Å². The fraction of sp³-hybridized carbons (Fsp3) is 0.560. The maximum Gasteiger partial charge on any atom is 0.247 e. The predicted octanol–water partition coefficient (Wildman–Crippen LogP) is 1.93. The summed E-state index contributed by atoms with van der Waals surface area (Å²) in [7, 11) is 1.91. The molecule has 2 heterocycles. The zero-order chi connectivity index (χ0) is 23.8. The maximum absolute atomic E-state index is 13.5. The first-order chi connectivity index (χ1) is 15.9. The Balaban J connectivity index is 1.64. The van der Waals surface area contributed by atoms with E-state index in [4.69, 9.17) is 0 Å². The number of rotatable bonds is 9. The van der Waals surface area contributed by atoms with Crippen molar-refractivity contribution >= 4 is 23.4 Å². The Kier molecular flexibility index (Phi) is 9.03. The van der Waals surface area contributed by atoms with Gasteiger partial charge in [-0.25, -0.2) is 0 Å². The number of likely N-dealkylation sites (N-methyl/N-ethyl adjacent to an activating group) is 1. The summed E-state index contributed by atoms with van der Waals surface area (Å²) in [4.78, 5) is 40.0. The first-order valence-electron chi connectivity index (χ1n) is 12.0. The molecule has 2 fully saturated rings. The van der Waals surface area contributed by atoms with Crippen LogP contribution in [-0.4, -0.2) is 60.4 Å². The van der Waals surface area contributed by atoms with Crippen molar-refractivity contribution < 1.29 is 14.4 Å². The largest absolute Gasteiger partial charge is 0.350 e. The van der Waals surface area contributed by atoms with Gasteiger partial charge in [0.25, 0.3) is 0 Å². The van der Waals surface area contributed by atoms with Crippen molar-refractivity contribution in [3.63, 3.8) is 0 Å². The van der Waals surface area contributed by atoms with Crippen LogP contribution in [0.4, 0.5) is 5.69 Å². The van der Waals surface area contributed by atoms with Crippen LogP contribution in [0.2, 0.25) is 0 Å². The van der Waals surface area contributed by atoms with Crippen LogP contribution in [0.15, 0.2) is 36.9 Å². The summed E-state index contributed by atoms with van der Waals surface area (Å²) in [6.07, 6.45) is 6.64. The summed E-state index contributed by atoms with van der Waals surface area (Å²) in [6.45, 7) is 6.58. The fourth-order valence-electron chi connectivity index (χ4n) is 4.66. The molecule has 8 nitrogen and oxygen atoms in total. The highest BCUT2D eigenvalue weighted by Crippen LogP contribution is 2.31. The molecule has 0 saturated carbocycles. The summed E-state index contributed by atoms with van der Waals surface area (Å²) in [5, 5.41) is 12.3. The summed E-state index contributed by atoms with van der Waals surface area (Å²) in [5.41, 5.74) is 1.52. The third-order valence-corrected chi connectivity index (χ3v) is 6.65. The van der Waals surface area contributed by atoms with E-state index in [-0.39, 0.29) is 35.8 Å². The number of carbonyl (C=O) groups is 3. The zero-order valence-corrected chi connectivity index (χ0v) is 19.7. The molecule has 4 atom stereocenters. The highest BCUT2D eigenvalue weighted by Gasteiger charge is 2.43. The highest BCUT2D eigenvalue weighted by atomic mass is 16.2. The lowest BCUT2D eigenvalue weighted by molar-refractivity contribution is -0.143. The maximum atomic E-state index is 13.5. The number of benzene rings is 1. The molecule has 3 amide bonds. The molecule has 3 rings (SSSR count). The van der Waals surface area contributed by atoms with Gasteiger partial charge in [-0.2, -0.15) is 0 Å². The number of carbonyl (C=O) groups excluding carboxylic acids is 3. The molecule has 2 aliphatic rings. The minimum Gasteiger partial charge on any atom is -0.350 e. The van der Waals surface area contributed by atoms with Crippen molar-refractivity contribution in [2.24, 2.45) is 0 Å². The molecule has 2 aliphatic heterocycles. The lowest BCUT2D eigenvalue weighted by Crippen LogP contribution is -2.56. The van der Waals surface area contributed by atoms with Gasteiger partial charge in [0, 0.05) is 30.9 Å². The van der Waals surface area contributed by atoms with Gasteiger partial charge in [0.1, 0.15) is 6.04 Å². The van der Waals surface area contributed by atoms with Crippen molar-refractivity contribution in [1.82, 2.24) is 20.9 Å². The van der Waals surface area contributed by atoms with Crippen molar-refractivity contribution in [3.8, 4) is 0 Å². The molecule has 0 unspecified atom stereocenters. The number of nitrogens with zero attached hydrogens (tertiary/aromatic N) is 1. The molecule has 1 aromatic rings. The van der Waals surface area contributed by atoms with Gasteiger partial charge in [0.15, 0.2) is 0 Å². The molecule has 1 aromatic carbocycles. The van der Waals surface area contributed by atoms with E-state index in [0.717, 1.165) is 37.7 Å². The molecular weight excluding hydrogens is 418 g/mol. The van der Waals surface area contributed by atoms with Crippen LogP contribution >= 0.6 is 0 Å². The second-order valence-corrected chi connectivity index (χ2v) is 9.04. The molecule has 0 bridgehead atoms. The van der Waals surface area contributed by atoms with Gasteiger partial charge in [-0.3, -0.25) is 14.4 Å². The van der Waals surface area contributed by atoms with Crippen LogP contribution in [0.25, 0.3) is 0 Å². The topological polar surface area (TPSA) is 103 Å². The summed E-state index contributed by atoms with van der Waals surface area (Å²) in [5.74, 6) is -0.347. The van der Waals surface area contributed by atoms with Gasteiger partial charge >= 0.3 is 0 Å². The van der Waals surface area contributed by atoms with Gasteiger partial charge in [-0.15, -0.1) is 0 Å². The molecule has 8 heteroatoms. The van der Waals surface area contributed by atoms with Gasteiger partial charge in [-0.05, 0) is 63.4 Å². The first-order valence-corrected chi connectivity index (χ1v) is 12.0. The number of nitrogens with one attached hydrogen (secondary N) is 4. The van der Waals surface area contributed by atoms with E-state index in [1.807, 2.05) is 30.1 Å². The van der Waals surface area contributed by atoms with Gasteiger partial charge in [0.2, 0.25) is 17.7 Å². The van der Waals surface area contributed by atoms with E-state index >= 15 is 0 Å². The molecule has 0 radical (unpaired) electrons. The second-order valence-electron chi connectivity index (χ2n) is 9.04. The number of amides is 3. The quantitative estimate of drug-likeness (QED) is 0.426. The standard InChI is InChI=1S/C25H37N5O3/c1-4-23(31)29-19-9-7-8-18(14-19)16-28-24(32)22-13-12-20-10-5-6-11-21(25(33)30(20)22)27-15-17(2)26-3/h4,7-9,14,17,20-22,26-27H,1,5-6,10-13,15-16H2,2-3H3,(H,28,32)(H,29,31)/t17-,20-,21-,22-/m0/s1. The second kappa shape index (κ2) is 12.0. The van der Waals surface area contributed by atoms with E-state index in [2.05, 4.69) is 34.8 Å². The average Bonchev–Trinajstić information content (AvgIpc) is 3.23. The highest BCUT2D eigenvalue weighted by molar-refractivity contribution is 5.98. The molecular formula is C25H37N5O3. The Hall–Kier alpha value is -2.71. The lowest BCUT2D eigenvalue weighted by atomic mass is 9.98. The Bertz CT molecular complexity index is 858. The molecule has 180 valence electrons. The minimum atomic E-state index is -0.435. The number of anilines is 1. The molecule has 0 aromatic heterocycles. The number of fused-ring (bicyclic) bond motifs is 1. The van der Waals surface area contributed by atoms with Crippen LogP contribution in [0, 0.1) is 0 Å². The predicted molar refractivity (Wildman–Crippen MR) is 130 cm³/mol. The van der Waals surface area contributed by atoms with Crippen molar-refractivity contribution in [2.45, 2.75) is 76.2 Å². The molecule has 33 heavy (non-hydrogen) atoms. The smallest absolute Gasteiger partial charge is 0.247 e. The summed E-state index contributed by atoms with van der Waals surface area (Å²) in [6, 6.07) is 7.05. The lowest BCUT2D eigenvalue weighted by Gasteiger charge is -2.35. The SMILES string of the molecule is C=CC(=O)Nc1cccc(CNC(=O)[C@@H]2CC[C@@H]3CCCC[C@H](NC[C@H](C)NC)C(=O)N32)c1. The van der Waals surface area contributed by atoms with Gasteiger partial charge < -0.3 is 26.2 Å². The van der Waals surface area contributed by atoms with Crippen molar-refractivity contribution in [2.75, 3.05) is 18.9 Å². The Labute approximate surface area is 196 Å². The Morgan fingerprint density at radius 3 is 2.76 bits per heavy atom. The third-order valence-electron chi connectivity index (χ3n) is 6.65. The average molecular weight is 456 g/mol. The van der Waals surface area contributed by atoms with E-state index < -0.39 is 6.04 Å². The Morgan fingerprint density at radius 2 is 2.00 bits per heavy atom. The Morgan fingerprint density at radius 1 is 1.21 bits per heavy atom. The molecule has 0 aliphatic carbocycles. The van der Waals surface area contributed by atoms with E-state index in [9.17, 15) is 14.4 Å². The van der Waals surface area contributed by atoms with E-state index in [0.29, 0.717) is 25.2 Å². The van der Waals surface area contributed by atoms with Crippen LogP contribution in [0.3, 0.4) is 0 Å². The van der Waals surface area contributed by atoms with Crippen LogP contribution in [0.5, 0.6) is 0 Å². The van der Waals surface area contributed by atoms with Crippen molar-refractivity contribution in [1.29, 1.82) is 0 Å².